The predicted molar refractivity (Wildman–Crippen MR) is 81.6 cm³/mol. The normalized spacial score (nSPS) is 12.9. The lowest BCUT2D eigenvalue weighted by atomic mass is 10.0. The summed E-state index contributed by atoms with van der Waals surface area (Å²) >= 11 is 0. The van der Waals surface area contributed by atoms with Gasteiger partial charge in [0.25, 0.3) is 5.91 Å². The minimum atomic E-state index is -0.144. The zero-order valence-electron chi connectivity index (χ0n) is 13.2. The van der Waals surface area contributed by atoms with E-state index in [4.69, 9.17) is 5.73 Å². The van der Waals surface area contributed by atoms with Crippen LogP contribution in [0.25, 0.3) is 0 Å². The number of hydrogen-bond acceptors (Lipinski definition) is 4. The smallest absolute Gasteiger partial charge is 0.271 e. The van der Waals surface area contributed by atoms with Crippen LogP contribution in [-0.2, 0) is 6.54 Å². The fourth-order valence-electron chi connectivity index (χ4n) is 2.33. The number of aromatic nitrogens is 2. The Hall–Kier alpha value is -1.56. The summed E-state index contributed by atoms with van der Waals surface area (Å²) in [6.07, 6.45) is 2.46. The first kappa shape index (κ1) is 16.5. The van der Waals surface area contributed by atoms with E-state index in [9.17, 15) is 4.79 Å². The summed E-state index contributed by atoms with van der Waals surface area (Å²) in [6.45, 7) is 7.68. The lowest BCUT2D eigenvalue weighted by molar-refractivity contribution is 0.0914. The van der Waals surface area contributed by atoms with Crippen LogP contribution in [0, 0.1) is 5.92 Å². The number of nitrogens with two attached hydrogens (primary N) is 1. The molecular formula is C14H27N5O. The molecule has 0 radical (unpaired) electrons. The molecule has 0 aliphatic heterocycles. The molecule has 0 aliphatic carbocycles. The van der Waals surface area contributed by atoms with Gasteiger partial charge in [0, 0.05) is 19.1 Å². The second-order valence-electron chi connectivity index (χ2n) is 5.83. The molecule has 3 N–H and O–H groups in total. The van der Waals surface area contributed by atoms with E-state index in [2.05, 4.69) is 29.2 Å². The third-order valence-electron chi connectivity index (χ3n) is 3.06. The first-order valence-electron chi connectivity index (χ1n) is 7.12. The van der Waals surface area contributed by atoms with Gasteiger partial charge >= 0.3 is 0 Å². The molecule has 114 valence electrons. The Morgan fingerprint density at radius 2 is 2.15 bits per heavy atom. The van der Waals surface area contributed by atoms with Crippen LogP contribution in [0.4, 0.5) is 5.69 Å². The molecule has 1 aromatic rings. The number of aryl methyl sites for hydroxylation is 1. The Kier molecular flexibility index (Phi) is 6.01. The molecule has 1 heterocycles. The molecule has 0 saturated heterocycles. The zero-order chi connectivity index (χ0) is 15.3. The predicted octanol–water partition coefficient (Wildman–Crippen LogP) is 1.19. The number of anilines is 1. The highest BCUT2D eigenvalue weighted by Crippen LogP contribution is 2.12. The van der Waals surface area contributed by atoms with Gasteiger partial charge in [-0.3, -0.25) is 9.48 Å². The molecule has 6 heteroatoms. The van der Waals surface area contributed by atoms with Crippen molar-refractivity contribution >= 4 is 11.6 Å². The van der Waals surface area contributed by atoms with Crippen LogP contribution in [0.1, 0.15) is 37.7 Å². The van der Waals surface area contributed by atoms with Crippen molar-refractivity contribution in [2.24, 2.45) is 5.92 Å². The van der Waals surface area contributed by atoms with Gasteiger partial charge in [0.15, 0.2) is 0 Å². The van der Waals surface area contributed by atoms with Crippen molar-refractivity contribution in [3.05, 3.63) is 11.9 Å². The molecule has 0 aliphatic rings. The van der Waals surface area contributed by atoms with Crippen LogP contribution in [0.5, 0.6) is 0 Å². The number of carbonyl (C=O) groups is 1. The van der Waals surface area contributed by atoms with Crippen LogP contribution in [0.15, 0.2) is 6.20 Å². The second kappa shape index (κ2) is 7.28. The van der Waals surface area contributed by atoms with Gasteiger partial charge in [-0.1, -0.05) is 13.8 Å². The minimum absolute atomic E-state index is 0.108. The monoisotopic (exact) mass is 281 g/mol. The molecule has 0 spiro atoms. The number of hydrogen-bond donors (Lipinski definition) is 2. The highest BCUT2D eigenvalue weighted by molar-refractivity contribution is 5.97. The van der Waals surface area contributed by atoms with Crippen molar-refractivity contribution in [2.45, 2.75) is 39.8 Å². The molecule has 1 rings (SSSR count). The van der Waals surface area contributed by atoms with E-state index in [0.717, 1.165) is 13.0 Å². The number of nitrogens with zero attached hydrogens (tertiary/aromatic N) is 3. The molecular weight excluding hydrogens is 254 g/mol. The van der Waals surface area contributed by atoms with E-state index in [-0.39, 0.29) is 11.9 Å². The van der Waals surface area contributed by atoms with Crippen molar-refractivity contribution in [1.82, 2.24) is 20.0 Å². The highest BCUT2D eigenvalue weighted by Gasteiger charge is 2.20. The lowest BCUT2D eigenvalue weighted by Gasteiger charge is -2.24. The summed E-state index contributed by atoms with van der Waals surface area (Å²) in [6, 6.07) is 0.108. The molecule has 0 aromatic carbocycles. The standard InChI is InChI=1S/C14H27N5O/c1-6-19-13(12(15)8-16-19)14(20)17-11(7-10(2)3)9-18(4)5/h8,10-11H,6-7,9,15H2,1-5H3,(H,17,20). The largest absolute Gasteiger partial charge is 0.396 e. The third kappa shape index (κ3) is 4.52. The molecule has 20 heavy (non-hydrogen) atoms. The fraction of sp³-hybridized carbons (Fsp3) is 0.714. The summed E-state index contributed by atoms with van der Waals surface area (Å²) in [5, 5.41) is 7.18. The summed E-state index contributed by atoms with van der Waals surface area (Å²) in [5.74, 6) is 0.378. The quantitative estimate of drug-likeness (QED) is 0.787. The topological polar surface area (TPSA) is 76.2 Å². The number of rotatable bonds is 7. The minimum Gasteiger partial charge on any atom is -0.396 e. The molecule has 0 saturated carbocycles. The number of nitrogens with one attached hydrogen (secondary N) is 1. The second-order valence-corrected chi connectivity index (χ2v) is 5.83. The van der Waals surface area contributed by atoms with E-state index in [1.165, 1.54) is 6.20 Å². The summed E-state index contributed by atoms with van der Waals surface area (Å²) in [4.78, 5) is 14.5. The molecule has 6 nitrogen and oxygen atoms in total. The van der Waals surface area contributed by atoms with E-state index < -0.39 is 0 Å². The maximum Gasteiger partial charge on any atom is 0.271 e. The summed E-state index contributed by atoms with van der Waals surface area (Å²) in [5.41, 5.74) is 6.73. The van der Waals surface area contributed by atoms with E-state index in [0.29, 0.717) is 23.8 Å². The summed E-state index contributed by atoms with van der Waals surface area (Å²) < 4.78 is 1.63. The SMILES string of the molecule is CCn1ncc(N)c1C(=O)NC(CC(C)C)CN(C)C. The molecule has 1 atom stereocenters. The van der Waals surface area contributed by atoms with Crippen molar-refractivity contribution in [3.8, 4) is 0 Å². The number of carbonyl (C=O) groups excluding carboxylic acids is 1. The van der Waals surface area contributed by atoms with Gasteiger partial charge in [-0.2, -0.15) is 5.10 Å². The number of nitrogen functional groups attached to an aromatic ring is 1. The van der Waals surface area contributed by atoms with Gasteiger partial charge in [0.2, 0.25) is 0 Å². The highest BCUT2D eigenvalue weighted by atomic mass is 16.2. The average Bonchev–Trinajstić information content (AvgIpc) is 2.68. The van der Waals surface area contributed by atoms with Crippen molar-refractivity contribution < 1.29 is 4.79 Å². The molecule has 0 fully saturated rings. The van der Waals surface area contributed by atoms with Crippen LogP contribution < -0.4 is 11.1 Å². The fourth-order valence-corrected chi connectivity index (χ4v) is 2.33. The van der Waals surface area contributed by atoms with Gasteiger partial charge < -0.3 is 16.0 Å². The Labute approximate surface area is 121 Å². The Bertz CT molecular complexity index is 429. The molecule has 0 bridgehead atoms. The van der Waals surface area contributed by atoms with Gasteiger partial charge in [0.05, 0.1) is 11.9 Å². The van der Waals surface area contributed by atoms with Gasteiger partial charge in [0.1, 0.15) is 5.69 Å². The van der Waals surface area contributed by atoms with Crippen molar-refractivity contribution in [3.63, 3.8) is 0 Å². The van der Waals surface area contributed by atoms with Crippen LogP contribution >= 0.6 is 0 Å². The molecule has 1 unspecified atom stereocenters. The number of amides is 1. The van der Waals surface area contributed by atoms with Gasteiger partial charge in [-0.15, -0.1) is 0 Å². The van der Waals surface area contributed by atoms with E-state index in [1.54, 1.807) is 4.68 Å². The average molecular weight is 281 g/mol. The maximum atomic E-state index is 12.4. The number of likely N-dealkylation sites (N-methyl/N-ethyl adjacent to an activating group) is 1. The summed E-state index contributed by atoms with van der Waals surface area (Å²) in [7, 11) is 4.01. The Balaban J connectivity index is 2.81. The molecule has 1 aromatic heterocycles. The van der Waals surface area contributed by atoms with E-state index >= 15 is 0 Å². The first-order chi connectivity index (χ1) is 9.35. The van der Waals surface area contributed by atoms with Crippen LogP contribution in [0.3, 0.4) is 0 Å². The van der Waals surface area contributed by atoms with E-state index in [1.807, 2.05) is 21.0 Å². The lowest BCUT2D eigenvalue weighted by Crippen LogP contribution is -2.43. The molecule has 1 amide bonds. The van der Waals surface area contributed by atoms with Crippen molar-refractivity contribution in [2.75, 3.05) is 26.4 Å². The van der Waals surface area contributed by atoms with Crippen LogP contribution in [-0.4, -0.2) is 47.3 Å². The third-order valence-corrected chi connectivity index (χ3v) is 3.06. The van der Waals surface area contributed by atoms with Crippen molar-refractivity contribution in [1.29, 1.82) is 0 Å². The van der Waals surface area contributed by atoms with Gasteiger partial charge in [-0.25, -0.2) is 0 Å². The van der Waals surface area contributed by atoms with Gasteiger partial charge in [-0.05, 0) is 33.4 Å². The Morgan fingerprint density at radius 3 is 2.65 bits per heavy atom. The van der Waals surface area contributed by atoms with Crippen LogP contribution in [0.2, 0.25) is 0 Å². The first-order valence-corrected chi connectivity index (χ1v) is 7.12. The zero-order valence-corrected chi connectivity index (χ0v) is 13.2. The Morgan fingerprint density at radius 1 is 1.50 bits per heavy atom. The maximum absolute atomic E-state index is 12.4.